The van der Waals surface area contributed by atoms with E-state index in [1.165, 1.54) is 6.07 Å². The van der Waals surface area contributed by atoms with Gasteiger partial charge in [0.05, 0.1) is 33.0 Å². The predicted octanol–water partition coefficient (Wildman–Crippen LogP) is 5.78. The Morgan fingerprint density at radius 1 is 1.11 bits per heavy atom. The van der Waals surface area contributed by atoms with Gasteiger partial charge in [0.15, 0.2) is 0 Å². The smallest absolute Gasteiger partial charge is 0.333 e. The largest absolute Gasteiger partial charge is 0.349 e. The van der Waals surface area contributed by atoms with E-state index < -0.39 is 18.0 Å². The molecule has 0 aliphatic heterocycles. The summed E-state index contributed by atoms with van der Waals surface area (Å²) in [6, 6.07) is 12.6. The van der Waals surface area contributed by atoms with E-state index in [0.717, 1.165) is 47.1 Å². The molecule has 10 heteroatoms. The number of alkyl halides is 2. The molecule has 38 heavy (non-hydrogen) atoms. The van der Waals surface area contributed by atoms with Crippen LogP contribution in [0.5, 0.6) is 0 Å². The first-order valence-electron chi connectivity index (χ1n) is 12.6. The molecule has 0 radical (unpaired) electrons. The second-order valence-electron chi connectivity index (χ2n) is 9.85. The molecule has 3 heterocycles. The van der Waals surface area contributed by atoms with Gasteiger partial charge in [-0.2, -0.15) is 0 Å². The van der Waals surface area contributed by atoms with Crippen LogP contribution in [0.1, 0.15) is 59.5 Å². The number of halogens is 3. The lowest BCUT2D eigenvalue weighted by atomic mass is 9.85. The van der Waals surface area contributed by atoms with E-state index in [4.69, 9.17) is 11.6 Å². The van der Waals surface area contributed by atoms with E-state index >= 15 is 0 Å². The number of aromatic nitrogens is 4. The highest BCUT2D eigenvalue weighted by Crippen LogP contribution is 2.29. The molecule has 1 aromatic carbocycles. The molecule has 0 saturated heterocycles. The number of amides is 1. The van der Waals surface area contributed by atoms with Gasteiger partial charge in [-0.3, -0.25) is 23.9 Å². The van der Waals surface area contributed by atoms with Gasteiger partial charge in [-0.05, 0) is 75.8 Å². The zero-order valence-electron chi connectivity index (χ0n) is 21.1. The first-order valence-corrected chi connectivity index (χ1v) is 13.0. The lowest BCUT2D eigenvalue weighted by Crippen LogP contribution is -2.39. The van der Waals surface area contributed by atoms with Crippen molar-refractivity contribution >= 4 is 28.5 Å². The average Bonchev–Trinajstić information content (AvgIpc) is 3.16. The highest BCUT2D eigenvalue weighted by Gasteiger charge is 2.27. The molecule has 0 bridgehead atoms. The maximum atomic E-state index is 13.6. The number of imidazole rings is 1. The fourth-order valence-corrected chi connectivity index (χ4v) is 5.51. The van der Waals surface area contributed by atoms with Gasteiger partial charge in [-0.15, -0.1) is 0 Å². The Morgan fingerprint density at radius 3 is 2.50 bits per heavy atom. The van der Waals surface area contributed by atoms with Gasteiger partial charge in [0.1, 0.15) is 5.69 Å². The van der Waals surface area contributed by atoms with Gasteiger partial charge < -0.3 is 5.32 Å². The van der Waals surface area contributed by atoms with E-state index in [1.54, 1.807) is 4.57 Å². The van der Waals surface area contributed by atoms with Gasteiger partial charge in [0, 0.05) is 24.5 Å². The number of benzene rings is 1. The Morgan fingerprint density at radius 2 is 1.82 bits per heavy atom. The summed E-state index contributed by atoms with van der Waals surface area (Å²) in [7, 11) is 0. The van der Waals surface area contributed by atoms with Crippen molar-refractivity contribution in [1.82, 2.24) is 24.4 Å². The SMILES string of the molecule is Cc1ccc(-n2c(=O)n(CC3CCC(NC(=O)c4cc(Cl)cnc4C(F)F)CC3)c3ccccc32)c(C)n1. The van der Waals surface area contributed by atoms with Gasteiger partial charge in [0.2, 0.25) is 0 Å². The molecule has 1 fully saturated rings. The van der Waals surface area contributed by atoms with Gasteiger partial charge in [-0.1, -0.05) is 23.7 Å². The standard InChI is InChI=1S/C28H28ClF2N5O2/c1-16-7-12-22(17(2)33-16)36-24-6-4-3-5-23(24)35(28(36)38)15-18-8-10-20(11-9-18)34-27(37)21-13-19(29)14-32-25(21)26(30)31/h3-7,12-14,18,20,26H,8-11,15H2,1-2H3,(H,34,37). The fourth-order valence-electron chi connectivity index (χ4n) is 5.35. The lowest BCUT2D eigenvalue weighted by molar-refractivity contribution is 0.0904. The van der Waals surface area contributed by atoms with Crippen molar-refractivity contribution in [2.75, 3.05) is 0 Å². The minimum Gasteiger partial charge on any atom is -0.349 e. The third-order valence-electron chi connectivity index (χ3n) is 7.23. The monoisotopic (exact) mass is 539 g/mol. The average molecular weight is 540 g/mol. The summed E-state index contributed by atoms with van der Waals surface area (Å²) < 4.78 is 30.2. The van der Waals surface area contributed by atoms with E-state index in [1.807, 2.05) is 54.8 Å². The molecule has 3 aromatic heterocycles. The lowest BCUT2D eigenvalue weighted by Gasteiger charge is -2.29. The summed E-state index contributed by atoms with van der Waals surface area (Å²) in [4.78, 5) is 34.6. The quantitative estimate of drug-likeness (QED) is 0.337. The van der Waals surface area contributed by atoms with Crippen LogP contribution in [0, 0.1) is 19.8 Å². The number of fused-ring (bicyclic) bond motifs is 1. The van der Waals surface area contributed by atoms with Crippen LogP contribution < -0.4 is 11.0 Å². The maximum absolute atomic E-state index is 13.6. The van der Waals surface area contributed by atoms with E-state index in [9.17, 15) is 18.4 Å². The Labute approximate surface area is 223 Å². The van der Waals surface area contributed by atoms with Crippen LogP contribution in [0.4, 0.5) is 8.78 Å². The summed E-state index contributed by atoms with van der Waals surface area (Å²) in [6.45, 7) is 4.38. The van der Waals surface area contributed by atoms with Crippen molar-refractivity contribution in [3.05, 3.63) is 86.8 Å². The van der Waals surface area contributed by atoms with Crippen molar-refractivity contribution < 1.29 is 13.6 Å². The second-order valence-corrected chi connectivity index (χ2v) is 10.3. The number of aryl methyl sites for hydroxylation is 2. The molecule has 198 valence electrons. The summed E-state index contributed by atoms with van der Waals surface area (Å²) in [5.41, 5.74) is 3.26. The topological polar surface area (TPSA) is 81.8 Å². The van der Waals surface area contributed by atoms with Crippen molar-refractivity contribution in [3.8, 4) is 5.69 Å². The van der Waals surface area contributed by atoms with Crippen molar-refractivity contribution in [2.45, 2.75) is 58.5 Å². The first kappa shape index (κ1) is 26.0. The van der Waals surface area contributed by atoms with Crippen LogP contribution in [0.3, 0.4) is 0 Å². The van der Waals surface area contributed by atoms with Gasteiger partial charge >= 0.3 is 5.69 Å². The maximum Gasteiger partial charge on any atom is 0.333 e. The molecular formula is C28H28ClF2N5O2. The molecule has 5 rings (SSSR count). The number of carbonyl (C=O) groups excluding carboxylic acids is 1. The molecule has 1 N–H and O–H groups in total. The zero-order chi connectivity index (χ0) is 27.0. The van der Waals surface area contributed by atoms with Gasteiger partial charge in [0.25, 0.3) is 12.3 Å². The number of nitrogens with zero attached hydrogens (tertiary/aromatic N) is 4. The Balaban J connectivity index is 1.31. The molecule has 1 saturated carbocycles. The minimum absolute atomic E-state index is 0.108. The van der Waals surface area contributed by atoms with E-state index in [2.05, 4.69) is 15.3 Å². The zero-order valence-corrected chi connectivity index (χ0v) is 21.9. The van der Waals surface area contributed by atoms with Crippen LogP contribution in [0.2, 0.25) is 5.02 Å². The fraction of sp³-hybridized carbons (Fsp3) is 0.357. The Hall–Kier alpha value is -3.59. The molecule has 1 aliphatic carbocycles. The predicted molar refractivity (Wildman–Crippen MR) is 142 cm³/mol. The van der Waals surface area contributed by atoms with Crippen LogP contribution in [0.15, 0.2) is 53.5 Å². The number of rotatable bonds is 6. The van der Waals surface area contributed by atoms with E-state index in [-0.39, 0.29) is 28.2 Å². The number of hydrogen-bond acceptors (Lipinski definition) is 4. The van der Waals surface area contributed by atoms with Crippen LogP contribution in [-0.4, -0.2) is 31.1 Å². The molecule has 0 atom stereocenters. The molecule has 1 amide bonds. The van der Waals surface area contributed by atoms with Crippen LogP contribution >= 0.6 is 11.6 Å². The normalized spacial score (nSPS) is 17.7. The molecule has 7 nitrogen and oxygen atoms in total. The molecule has 1 aliphatic rings. The number of carbonyl (C=O) groups is 1. The summed E-state index contributed by atoms with van der Waals surface area (Å²) in [5, 5.41) is 3.00. The summed E-state index contributed by atoms with van der Waals surface area (Å²) in [6.07, 6.45) is 1.19. The van der Waals surface area contributed by atoms with Crippen molar-refractivity contribution in [1.29, 1.82) is 0 Å². The summed E-state index contributed by atoms with van der Waals surface area (Å²) >= 11 is 5.89. The number of hydrogen-bond donors (Lipinski definition) is 1. The molecular weight excluding hydrogens is 512 g/mol. The minimum atomic E-state index is -2.87. The molecule has 4 aromatic rings. The first-order chi connectivity index (χ1) is 18.2. The number of pyridine rings is 2. The van der Waals surface area contributed by atoms with Crippen LogP contribution in [0.25, 0.3) is 16.7 Å². The van der Waals surface area contributed by atoms with Gasteiger partial charge in [-0.25, -0.2) is 13.6 Å². The highest BCUT2D eigenvalue weighted by atomic mass is 35.5. The van der Waals surface area contributed by atoms with Crippen molar-refractivity contribution in [3.63, 3.8) is 0 Å². The number of para-hydroxylation sites is 2. The number of nitrogens with one attached hydrogen (secondary N) is 1. The Kier molecular flexibility index (Phi) is 7.29. The Bertz CT molecular complexity index is 1560. The summed E-state index contributed by atoms with van der Waals surface area (Å²) in [5.74, 6) is -0.359. The third-order valence-corrected chi connectivity index (χ3v) is 7.44. The van der Waals surface area contributed by atoms with Crippen LogP contribution in [-0.2, 0) is 6.54 Å². The molecule has 0 unspecified atom stereocenters. The van der Waals surface area contributed by atoms with Crippen molar-refractivity contribution in [2.24, 2.45) is 5.92 Å². The third kappa shape index (κ3) is 5.07. The second kappa shape index (κ2) is 10.6. The molecule has 0 spiro atoms. The van der Waals surface area contributed by atoms with E-state index in [0.29, 0.717) is 19.4 Å². The highest BCUT2D eigenvalue weighted by molar-refractivity contribution is 6.30.